The smallest absolute Gasteiger partial charge is 0.412 e. The van der Waals surface area contributed by atoms with Gasteiger partial charge in [-0.25, -0.2) is 4.79 Å². The Kier molecular flexibility index (Phi) is 8.84. The molecule has 2 unspecified atom stereocenters. The Morgan fingerprint density at radius 1 is 1.40 bits per heavy atom. The highest BCUT2D eigenvalue weighted by Gasteiger charge is 2.40. The Morgan fingerprint density at radius 3 is 2.77 bits per heavy atom. The molecule has 0 bridgehead atoms. The summed E-state index contributed by atoms with van der Waals surface area (Å²) in [5.74, 6) is 0.775. The van der Waals surface area contributed by atoms with Crippen LogP contribution in [0.25, 0.3) is 0 Å². The van der Waals surface area contributed by atoms with E-state index in [9.17, 15) is 9.90 Å². The SMILES string of the molecule is C=C(C)C1(C)CCC(C)=CC1c1c(O)cc(CCCCC)cc1OC(=O)NCCCl. The standard InChI is InChI=1S/C25H36ClNO3/c1-6-7-8-9-19-15-21(28)23(22(16-19)30-24(29)27-13-12-26)20-14-18(4)10-11-25(20,5)17(2)3/h14-16,20,28H,2,6-13H2,1,3-5H3,(H,27,29). The van der Waals surface area contributed by atoms with Crippen molar-refractivity contribution in [2.45, 2.75) is 72.1 Å². The fourth-order valence-electron chi connectivity index (χ4n) is 4.12. The Balaban J connectivity index is 2.53. The number of carbonyl (C=O) groups excluding carboxylic acids is 1. The molecule has 1 amide bonds. The van der Waals surface area contributed by atoms with Gasteiger partial charge in [-0.2, -0.15) is 0 Å². The molecule has 2 rings (SSSR count). The van der Waals surface area contributed by atoms with E-state index in [0.717, 1.165) is 49.7 Å². The third-order valence-electron chi connectivity index (χ3n) is 6.28. The molecule has 0 saturated heterocycles. The predicted octanol–water partition coefficient (Wildman–Crippen LogP) is 6.86. The maximum atomic E-state index is 12.3. The van der Waals surface area contributed by atoms with Crippen LogP contribution in [0.3, 0.4) is 0 Å². The summed E-state index contributed by atoms with van der Waals surface area (Å²) in [6.45, 7) is 13.0. The summed E-state index contributed by atoms with van der Waals surface area (Å²) in [6, 6.07) is 3.73. The van der Waals surface area contributed by atoms with E-state index in [1.54, 1.807) is 0 Å². The maximum absolute atomic E-state index is 12.3. The van der Waals surface area contributed by atoms with E-state index in [-0.39, 0.29) is 17.1 Å². The van der Waals surface area contributed by atoms with Crippen molar-refractivity contribution >= 4 is 17.7 Å². The Morgan fingerprint density at radius 2 is 2.13 bits per heavy atom. The molecule has 1 aromatic carbocycles. The van der Waals surface area contributed by atoms with Crippen LogP contribution in [0.15, 0.2) is 35.9 Å². The first-order valence-corrected chi connectivity index (χ1v) is 11.5. The number of phenols is 1. The topological polar surface area (TPSA) is 58.6 Å². The normalized spacial score (nSPS) is 21.1. The molecule has 0 aliphatic heterocycles. The lowest BCUT2D eigenvalue weighted by atomic mass is 9.63. The number of allylic oxidation sites excluding steroid dienone is 3. The number of aromatic hydroxyl groups is 1. The number of aryl methyl sites for hydroxylation is 1. The molecule has 166 valence electrons. The zero-order valence-corrected chi connectivity index (χ0v) is 19.6. The monoisotopic (exact) mass is 433 g/mol. The van der Waals surface area contributed by atoms with Crippen molar-refractivity contribution in [3.8, 4) is 11.5 Å². The van der Waals surface area contributed by atoms with Gasteiger partial charge in [0.25, 0.3) is 0 Å². The van der Waals surface area contributed by atoms with Crippen LogP contribution in [0.2, 0.25) is 0 Å². The van der Waals surface area contributed by atoms with Gasteiger partial charge in [-0.1, -0.05) is 50.5 Å². The fraction of sp³-hybridized carbons (Fsp3) is 0.560. The highest BCUT2D eigenvalue weighted by atomic mass is 35.5. The summed E-state index contributed by atoms with van der Waals surface area (Å²) in [6.07, 6.45) is 7.65. The lowest BCUT2D eigenvalue weighted by Gasteiger charge is -2.41. The van der Waals surface area contributed by atoms with Crippen LogP contribution in [0.5, 0.6) is 11.5 Å². The zero-order chi connectivity index (χ0) is 22.3. The predicted molar refractivity (Wildman–Crippen MR) is 125 cm³/mol. The third kappa shape index (κ3) is 5.81. The molecule has 1 aliphatic carbocycles. The van der Waals surface area contributed by atoms with Crippen molar-refractivity contribution < 1.29 is 14.6 Å². The van der Waals surface area contributed by atoms with Gasteiger partial charge in [-0.15, -0.1) is 11.6 Å². The van der Waals surface area contributed by atoms with Crippen molar-refractivity contribution in [1.82, 2.24) is 5.32 Å². The van der Waals surface area contributed by atoms with Gasteiger partial charge in [0.1, 0.15) is 11.5 Å². The van der Waals surface area contributed by atoms with Crippen LogP contribution < -0.4 is 10.1 Å². The van der Waals surface area contributed by atoms with Gasteiger partial charge < -0.3 is 15.2 Å². The molecule has 0 aromatic heterocycles. The Hall–Kier alpha value is -1.94. The number of unbranched alkanes of at least 4 members (excludes halogenated alkanes) is 2. The highest BCUT2D eigenvalue weighted by Crippen LogP contribution is 2.54. The number of benzene rings is 1. The molecule has 1 aliphatic rings. The summed E-state index contributed by atoms with van der Waals surface area (Å²) >= 11 is 5.68. The first kappa shape index (κ1) is 24.3. The lowest BCUT2D eigenvalue weighted by Crippen LogP contribution is -2.31. The van der Waals surface area contributed by atoms with Crippen molar-refractivity contribution in [1.29, 1.82) is 0 Å². The van der Waals surface area contributed by atoms with Crippen molar-refractivity contribution in [3.63, 3.8) is 0 Å². The molecular weight excluding hydrogens is 398 g/mol. The molecule has 0 fully saturated rings. The van der Waals surface area contributed by atoms with Crippen molar-refractivity contribution in [2.24, 2.45) is 5.41 Å². The molecule has 0 spiro atoms. The Bertz CT molecular complexity index is 802. The summed E-state index contributed by atoms with van der Waals surface area (Å²) in [5, 5.41) is 13.7. The molecule has 2 atom stereocenters. The molecule has 0 saturated carbocycles. The van der Waals surface area contributed by atoms with Gasteiger partial charge in [0.05, 0.1) is 0 Å². The minimum atomic E-state index is -0.560. The van der Waals surface area contributed by atoms with Crippen LogP contribution in [0.1, 0.15) is 76.8 Å². The molecule has 5 heteroatoms. The summed E-state index contributed by atoms with van der Waals surface area (Å²) in [5.41, 5.74) is 3.71. The second-order valence-electron chi connectivity index (χ2n) is 8.68. The second kappa shape index (κ2) is 10.9. The van der Waals surface area contributed by atoms with E-state index in [0.29, 0.717) is 23.7 Å². The number of hydrogen-bond donors (Lipinski definition) is 2. The number of hydrogen-bond acceptors (Lipinski definition) is 3. The zero-order valence-electron chi connectivity index (χ0n) is 18.8. The number of phenolic OH excluding ortho intramolecular Hbond substituents is 1. The minimum absolute atomic E-state index is 0.121. The first-order valence-electron chi connectivity index (χ1n) is 10.9. The van der Waals surface area contributed by atoms with Gasteiger partial charge in [-0.3, -0.25) is 0 Å². The van der Waals surface area contributed by atoms with E-state index in [4.69, 9.17) is 16.3 Å². The lowest BCUT2D eigenvalue weighted by molar-refractivity contribution is 0.199. The van der Waals surface area contributed by atoms with E-state index in [1.165, 1.54) is 5.57 Å². The first-order chi connectivity index (χ1) is 14.2. The van der Waals surface area contributed by atoms with E-state index < -0.39 is 6.09 Å². The number of ether oxygens (including phenoxy) is 1. The molecule has 0 radical (unpaired) electrons. The van der Waals surface area contributed by atoms with E-state index >= 15 is 0 Å². The van der Waals surface area contributed by atoms with Crippen LogP contribution in [0.4, 0.5) is 4.79 Å². The molecule has 4 nitrogen and oxygen atoms in total. The number of amides is 1. The molecule has 30 heavy (non-hydrogen) atoms. The molecule has 1 aromatic rings. The fourth-order valence-corrected chi connectivity index (χ4v) is 4.21. The maximum Gasteiger partial charge on any atom is 0.412 e. The van der Waals surface area contributed by atoms with Gasteiger partial charge in [0.15, 0.2) is 0 Å². The number of rotatable bonds is 9. The minimum Gasteiger partial charge on any atom is -0.507 e. The van der Waals surface area contributed by atoms with Gasteiger partial charge in [0, 0.05) is 23.9 Å². The summed E-state index contributed by atoms with van der Waals surface area (Å²) < 4.78 is 5.71. The van der Waals surface area contributed by atoms with E-state index in [1.807, 2.05) is 19.1 Å². The highest BCUT2D eigenvalue weighted by molar-refractivity contribution is 6.18. The average Bonchev–Trinajstić information content (AvgIpc) is 2.68. The number of halogens is 1. The van der Waals surface area contributed by atoms with Crippen molar-refractivity contribution in [2.75, 3.05) is 12.4 Å². The molecular formula is C25H36ClNO3. The van der Waals surface area contributed by atoms with Gasteiger partial charge in [0.2, 0.25) is 0 Å². The summed E-state index contributed by atoms with van der Waals surface area (Å²) in [7, 11) is 0. The van der Waals surface area contributed by atoms with Crippen LogP contribution in [-0.4, -0.2) is 23.6 Å². The molecule has 2 N–H and O–H groups in total. The average molecular weight is 434 g/mol. The van der Waals surface area contributed by atoms with Gasteiger partial charge in [-0.05, 0) is 62.6 Å². The summed E-state index contributed by atoms with van der Waals surface area (Å²) in [4.78, 5) is 12.3. The largest absolute Gasteiger partial charge is 0.507 e. The van der Waals surface area contributed by atoms with Gasteiger partial charge >= 0.3 is 6.09 Å². The van der Waals surface area contributed by atoms with Crippen LogP contribution in [0, 0.1) is 5.41 Å². The van der Waals surface area contributed by atoms with E-state index in [2.05, 4.69) is 38.7 Å². The molecule has 0 heterocycles. The Labute approximate surface area is 186 Å². The number of carbonyl (C=O) groups is 1. The second-order valence-corrected chi connectivity index (χ2v) is 9.06. The van der Waals surface area contributed by atoms with Crippen LogP contribution in [-0.2, 0) is 6.42 Å². The third-order valence-corrected chi connectivity index (χ3v) is 6.47. The van der Waals surface area contributed by atoms with Crippen LogP contribution >= 0.6 is 11.6 Å². The number of alkyl halides is 1. The quantitative estimate of drug-likeness (QED) is 0.254. The number of nitrogens with one attached hydrogen (secondary N) is 1. The van der Waals surface area contributed by atoms with Crippen molar-refractivity contribution in [3.05, 3.63) is 47.1 Å².